The lowest BCUT2D eigenvalue weighted by atomic mass is 10.0. The maximum Gasteiger partial charge on any atom is 0.322 e. The van der Waals surface area contributed by atoms with Crippen LogP contribution in [0.4, 0.5) is 5.82 Å². The molecule has 0 aliphatic rings. The zero-order valence-corrected chi connectivity index (χ0v) is 19.5. The van der Waals surface area contributed by atoms with E-state index in [9.17, 15) is 13.2 Å². The number of pyridine rings is 2. The number of hydrogen-bond donors (Lipinski definition) is 3. The number of hydrogen-bond acceptors (Lipinski definition) is 8. The summed E-state index contributed by atoms with van der Waals surface area (Å²) < 4.78 is 28.7. The van der Waals surface area contributed by atoms with Crippen LogP contribution in [-0.2, 0) is 21.2 Å². The summed E-state index contributed by atoms with van der Waals surface area (Å²) in [6, 6.07) is 16.7. The van der Waals surface area contributed by atoms with Crippen molar-refractivity contribution in [3.63, 3.8) is 0 Å². The second kappa shape index (κ2) is 10.5. The molecule has 34 heavy (non-hydrogen) atoms. The standard InChI is InChI=1S/C23H21N5O4S2/c29-22(30)15-26-20-5-3-4-18(27-20)19(28-34(31,32)21-6-1-2-11-24-21)14-16-7-9-17(10-8-16)23-25-12-13-33-23/h1-13,19,28H,14-15H2,(H,26,27)(H,29,30). The van der Waals surface area contributed by atoms with Gasteiger partial charge in [0.1, 0.15) is 17.4 Å². The van der Waals surface area contributed by atoms with Gasteiger partial charge in [0, 0.05) is 23.3 Å². The first-order chi connectivity index (χ1) is 16.4. The molecule has 11 heteroatoms. The van der Waals surface area contributed by atoms with Gasteiger partial charge in [-0.3, -0.25) is 4.79 Å². The SMILES string of the molecule is O=C(O)CNc1cccc(C(Cc2ccc(-c3nccs3)cc2)NS(=O)(=O)c2ccccn2)n1. The van der Waals surface area contributed by atoms with Crippen LogP contribution in [0.5, 0.6) is 0 Å². The van der Waals surface area contributed by atoms with Gasteiger partial charge in [-0.15, -0.1) is 11.3 Å². The molecule has 0 aliphatic carbocycles. The van der Waals surface area contributed by atoms with Crippen LogP contribution < -0.4 is 10.0 Å². The van der Waals surface area contributed by atoms with Crippen LogP contribution in [0.15, 0.2) is 83.5 Å². The van der Waals surface area contributed by atoms with Gasteiger partial charge >= 0.3 is 5.97 Å². The quantitative estimate of drug-likeness (QED) is 0.305. The van der Waals surface area contributed by atoms with Crippen molar-refractivity contribution in [3.05, 3.63) is 89.7 Å². The van der Waals surface area contributed by atoms with Crippen LogP contribution in [0.25, 0.3) is 10.6 Å². The average Bonchev–Trinajstić information content (AvgIpc) is 3.38. The van der Waals surface area contributed by atoms with Crippen LogP contribution in [0, 0.1) is 0 Å². The third kappa shape index (κ3) is 6.01. The molecule has 0 saturated carbocycles. The normalized spacial score (nSPS) is 12.2. The van der Waals surface area contributed by atoms with Crippen LogP contribution in [0.3, 0.4) is 0 Å². The van der Waals surface area contributed by atoms with Gasteiger partial charge in [-0.05, 0) is 36.2 Å². The Morgan fingerprint density at radius 2 is 1.82 bits per heavy atom. The van der Waals surface area contributed by atoms with Crippen molar-refractivity contribution < 1.29 is 18.3 Å². The van der Waals surface area contributed by atoms with Gasteiger partial charge < -0.3 is 10.4 Å². The van der Waals surface area contributed by atoms with E-state index in [0.717, 1.165) is 16.1 Å². The smallest absolute Gasteiger partial charge is 0.322 e. The van der Waals surface area contributed by atoms with Gasteiger partial charge in [0.05, 0.1) is 11.7 Å². The lowest BCUT2D eigenvalue weighted by Crippen LogP contribution is -2.31. The number of carboxylic acid groups (broad SMARTS) is 1. The van der Waals surface area contributed by atoms with Crippen molar-refractivity contribution in [1.29, 1.82) is 0 Å². The predicted molar refractivity (Wildman–Crippen MR) is 129 cm³/mol. The lowest BCUT2D eigenvalue weighted by molar-refractivity contribution is -0.134. The Kier molecular flexibility index (Phi) is 7.26. The molecule has 4 aromatic rings. The molecule has 3 N–H and O–H groups in total. The lowest BCUT2D eigenvalue weighted by Gasteiger charge is -2.19. The van der Waals surface area contributed by atoms with E-state index in [-0.39, 0.29) is 11.6 Å². The highest BCUT2D eigenvalue weighted by Gasteiger charge is 2.24. The molecule has 0 fully saturated rings. The van der Waals surface area contributed by atoms with Gasteiger partial charge in [0.25, 0.3) is 10.0 Å². The summed E-state index contributed by atoms with van der Waals surface area (Å²) >= 11 is 1.54. The molecule has 0 bridgehead atoms. The van der Waals surface area contributed by atoms with E-state index >= 15 is 0 Å². The maximum absolute atomic E-state index is 13.0. The highest BCUT2D eigenvalue weighted by molar-refractivity contribution is 7.89. The van der Waals surface area contributed by atoms with Gasteiger partial charge in [-0.2, -0.15) is 0 Å². The van der Waals surface area contributed by atoms with E-state index in [2.05, 4.69) is 25.0 Å². The summed E-state index contributed by atoms with van der Waals surface area (Å²) in [5.74, 6) is -0.694. The first kappa shape index (κ1) is 23.5. The van der Waals surface area contributed by atoms with E-state index in [1.807, 2.05) is 29.6 Å². The summed E-state index contributed by atoms with van der Waals surface area (Å²) in [5.41, 5.74) is 2.31. The van der Waals surface area contributed by atoms with E-state index in [0.29, 0.717) is 17.9 Å². The van der Waals surface area contributed by atoms with Crippen LogP contribution in [-0.4, -0.2) is 41.0 Å². The molecule has 4 rings (SSSR count). The van der Waals surface area contributed by atoms with Crippen molar-refractivity contribution in [2.75, 3.05) is 11.9 Å². The fraction of sp³-hybridized carbons (Fsp3) is 0.130. The highest BCUT2D eigenvalue weighted by atomic mass is 32.2. The van der Waals surface area contributed by atoms with E-state index < -0.39 is 22.0 Å². The third-order valence-corrected chi connectivity index (χ3v) is 7.04. The molecule has 174 valence electrons. The summed E-state index contributed by atoms with van der Waals surface area (Å²) in [5, 5.41) is 14.3. The minimum atomic E-state index is -3.93. The first-order valence-corrected chi connectivity index (χ1v) is 12.6. The maximum atomic E-state index is 13.0. The second-order valence-electron chi connectivity index (χ2n) is 7.28. The van der Waals surface area contributed by atoms with Gasteiger partial charge in [-0.25, -0.2) is 28.1 Å². The molecule has 0 radical (unpaired) electrons. The predicted octanol–water partition coefficient (Wildman–Crippen LogP) is 3.36. The summed E-state index contributed by atoms with van der Waals surface area (Å²) in [6.45, 7) is -0.307. The van der Waals surface area contributed by atoms with Gasteiger partial charge in [-0.1, -0.05) is 36.4 Å². The molecule has 9 nitrogen and oxygen atoms in total. The Hall–Kier alpha value is -3.67. The molecule has 0 saturated heterocycles. The number of carboxylic acids is 1. The molecule has 3 heterocycles. The fourth-order valence-corrected chi connectivity index (χ4v) is 5.06. The second-order valence-corrected chi connectivity index (χ2v) is 9.83. The largest absolute Gasteiger partial charge is 0.480 e. The van der Waals surface area contributed by atoms with Crippen molar-refractivity contribution in [1.82, 2.24) is 19.7 Å². The number of benzene rings is 1. The minimum Gasteiger partial charge on any atom is -0.480 e. The van der Waals surface area contributed by atoms with E-state index in [4.69, 9.17) is 5.11 Å². The topological polar surface area (TPSA) is 134 Å². The number of aromatic nitrogens is 3. The monoisotopic (exact) mass is 495 g/mol. The number of nitrogens with one attached hydrogen (secondary N) is 2. The third-order valence-electron chi connectivity index (χ3n) is 4.83. The number of sulfonamides is 1. The number of thiazole rings is 1. The Bertz CT molecular complexity index is 1350. The van der Waals surface area contributed by atoms with Gasteiger partial charge in [0.15, 0.2) is 5.03 Å². The zero-order chi connectivity index (χ0) is 24.0. The highest BCUT2D eigenvalue weighted by Crippen LogP contribution is 2.25. The molecule has 1 unspecified atom stereocenters. The van der Waals surface area contributed by atoms with Crippen molar-refractivity contribution in [2.45, 2.75) is 17.5 Å². The summed E-state index contributed by atoms with van der Waals surface area (Å²) in [7, 11) is -3.93. The molecule has 1 aromatic carbocycles. The molecular weight excluding hydrogens is 474 g/mol. The number of anilines is 1. The Balaban J connectivity index is 1.63. The fourth-order valence-electron chi connectivity index (χ4n) is 3.26. The Morgan fingerprint density at radius 1 is 1.00 bits per heavy atom. The van der Waals surface area contributed by atoms with Gasteiger partial charge in [0.2, 0.25) is 0 Å². The van der Waals surface area contributed by atoms with E-state index in [1.54, 1.807) is 36.5 Å². The van der Waals surface area contributed by atoms with Crippen LogP contribution in [0.1, 0.15) is 17.3 Å². The van der Waals surface area contributed by atoms with Crippen molar-refractivity contribution in [3.8, 4) is 10.6 Å². The minimum absolute atomic E-state index is 0.0979. The molecule has 0 spiro atoms. The molecule has 0 aliphatic heterocycles. The van der Waals surface area contributed by atoms with Crippen molar-refractivity contribution in [2.24, 2.45) is 0 Å². The molecule has 3 aromatic heterocycles. The van der Waals surface area contributed by atoms with Crippen molar-refractivity contribution >= 4 is 33.1 Å². The number of carbonyl (C=O) groups is 1. The molecule has 1 atom stereocenters. The molecule has 0 amide bonds. The first-order valence-electron chi connectivity index (χ1n) is 10.3. The summed E-state index contributed by atoms with van der Waals surface area (Å²) in [6.07, 6.45) is 3.47. The Labute approximate surface area is 200 Å². The zero-order valence-electron chi connectivity index (χ0n) is 17.8. The molecular formula is C23H21N5O4S2. The number of rotatable bonds is 10. The van der Waals surface area contributed by atoms with E-state index in [1.165, 1.54) is 23.6 Å². The average molecular weight is 496 g/mol. The van der Waals surface area contributed by atoms with Crippen LogP contribution >= 0.6 is 11.3 Å². The number of aliphatic carboxylic acids is 1. The number of nitrogens with zero attached hydrogens (tertiary/aromatic N) is 3. The van der Waals surface area contributed by atoms with Crippen LogP contribution in [0.2, 0.25) is 0 Å². The Morgan fingerprint density at radius 3 is 2.50 bits per heavy atom. The summed E-state index contributed by atoms with van der Waals surface area (Å²) in [4.78, 5) is 23.6.